The summed E-state index contributed by atoms with van der Waals surface area (Å²) in [6, 6.07) is 13.9. The van der Waals surface area contributed by atoms with Gasteiger partial charge in [0.05, 0.1) is 42.7 Å². The van der Waals surface area contributed by atoms with Crippen molar-refractivity contribution >= 4 is 29.4 Å². The highest BCUT2D eigenvalue weighted by Crippen LogP contribution is 2.48. The lowest BCUT2D eigenvalue weighted by atomic mass is 9.87. The molecule has 0 unspecified atom stereocenters. The van der Waals surface area contributed by atoms with Crippen LogP contribution in [0, 0.1) is 5.82 Å². The number of carbonyl (C=O) groups is 2. The summed E-state index contributed by atoms with van der Waals surface area (Å²) < 4.78 is 26.9. The third-order valence-corrected chi connectivity index (χ3v) is 8.18. The topological polar surface area (TPSA) is 76.9 Å². The number of rotatable bonds is 5. The molecule has 2 amide bonds. The second-order valence-corrected chi connectivity index (χ2v) is 11.8. The molecule has 0 spiro atoms. The van der Waals surface area contributed by atoms with Crippen LogP contribution < -0.4 is 9.64 Å². The Hall–Kier alpha value is -3.37. The minimum absolute atomic E-state index is 0.117. The van der Waals surface area contributed by atoms with Crippen LogP contribution in [0.4, 0.5) is 10.2 Å². The minimum Gasteiger partial charge on any atom is -0.497 e. The molecule has 2 aromatic carbocycles. The molecular weight excluding hydrogens is 519 g/mol. The summed E-state index contributed by atoms with van der Waals surface area (Å²) in [5.74, 6) is 0.680. The maximum atomic E-state index is 14.4. The van der Waals surface area contributed by atoms with Gasteiger partial charge < -0.3 is 14.4 Å². The van der Waals surface area contributed by atoms with Crippen LogP contribution >= 0.6 is 11.8 Å². The van der Waals surface area contributed by atoms with Crippen molar-refractivity contribution in [3.05, 3.63) is 71.2 Å². The van der Waals surface area contributed by atoms with E-state index in [4.69, 9.17) is 14.6 Å². The Morgan fingerprint density at radius 1 is 1.15 bits per heavy atom. The molecule has 3 heterocycles. The van der Waals surface area contributed by atoms with Crippen molar-refractivity contribution in [2.24, 2.45) is 0 Å². The van der Waals surface area contributed by atoms with Crippen molar-refractivity contribution in [1.29, 1.82) is 0 Å². The third kappa shape index (κ3) is 5.53. The lowest BCUT2D eigenvalue weighted by Crippen LogP contribution is -2.48. The number of amides is 2. The fourth-order valence-corrected chi connectivity index (χ4v) is 6.15. The second kappa shape index (κ2) is 11.0. The lowest BCUT2D eigenvalue weighted by molar-refractivity contribution is -0.134. The first-order valence-electron chi connectivity index (χ1n) is 13.0. The molecule has 0 bridgehead atoms. The molecule has 2 aliphatic heterocycles. The molecule has 1 saturated heterocycles. The van der Waals surface area contributed by atoms with Gasteiger partial charge in [-0.1, -0.05) is 32.9 Å². The van der Waals surface area contributed by atoms with Crippen molar-refractivity contribution in [3.63, 3.8) is 0 Å². The first kappa shape index (κ1) is 27.2. The fourth-order valence-electron chi connectivity index (χ4n) is 4.96. The van der Waals surface area contributed by atoms with Crippen LogP contribution in [0.25, 0.3) is 5.69 Å². The Bertz CT molecular complexity index is 1360. The molecule has 1 atom stereocenters. The number of benzene rings is 2. The number of fused-ring (bicyclic) bond motifs is 1. The summed E-state index contributed by atoms with van der Waals surface area (Å²) in [5, 5.41) is 4.71. The molecule has 8 nitrogen and oxygen atoms in total. The van der Waals surface area contributed by atoms with Crippen LogP contribution in [-0.2, 0) is 19.7 Å². The number of carbonyl (C=O) groups excluding carboxylic acids is 2. The second-order valence-electron chi connectivity index (χ2n) is 10.7. The van der Waals surface area contributed by atoms with Crippen molar-refractivity contribution in [3.8, 4) is 11.4 Å². The van der Waals surface area contributed by atoms with E-state index in [2.05, 4.69) is 20.8 Å². The number of halogens is 1. The molecule has 39 heavy (non-hydrogen) atoms. The van der Waals surface area contributed by atoms with E-state index in [1.165, 1.54) is 23.9 Å². The van der Waals surface area contributed by atoms with Crippen LogP contribution in [0.15, 0.2) is 48.5 Å². The molecule has 0 N–H and O–H groups in total. The summed E-state index contributed by atoms with van der Waals surface area (Å²) in [6.45, 7) is 8.00. The standard InChI is InChI=1S/C29H33FN4O4S/c1-29(2,3)27-25-26(19-6-5-7-20(30)16-19)39-18-24(36)33(17-23(35)32-12-14-38-15-13-32)28(25)34(31-27)21-8-10-22(37-4)11-9-21/h5-11,16,26H,12-15,17-18H2,1-4H3/t26-/m1/s1. The predicted octanol–water partition coefficient (Wildman–Crippen LogP) is 4.35. The van der Waals surface area contributed by atoms with Crippen molar-refractivity contribution in [2.75, 3.05) is 50.6 Å². The Morgan fingerprint density at radius 3 is 2.51 bits per heavy atom. The van der Waals surface area contributed by atoms with E-state index in [-0.39, 0.29) is 35.2 Å². The summed E-state index contributed by atoms with van der Waals surface area (Å²) >= 11 is 1.43. The largest absolute Gasteiger partial charge is 0.497 e. The zero-order valence-corrected chi connectivity index (χ0v) is 23.5. The van der Waals surface area contributed by atoms with E-state index in [9.17, 15) is 14.0 Å². The number of morpholine rings is 1. The fraction of sp³-hybridized carbons (Fsp3) is 0.414. The van der Waals surface area contributed by atoms with E-state index >= 15 is 0 Å². The third-order valence-electron chi connectivity index (χ3n) is 6.93. The van der Waals surface area contributed by atoms with Gasteiger partial charge in [0.2, 0.25) is 11.8 Å². The van der Waals surface area contributed by atoms with E-state index in [0.717, 1.165) is 22.5 Å². The van der Waals surface area contributed by atoms with Crippen LogP contribution in [0.3, 0.4) is 0 Å². The maximum Gasteiger partial charge on any atom is 0.242 e. The van der Waals surface area contributed by atoms with Gasteiger partial charge in [-0.3, -0.25) is 14.5 Å². The Kier molecular flexibility index (Phi) is 7.68. The summed E-state index contributed by atoms with van der Waals surface area (Å²) in [5.41, 5.74) is 2.67. The molecule has 0 saturated carbocycles. The van der Waals surface area contributed by atoms with Crippen LogP contribution in [-0.4, -0.2) is 72.2 Å². The number of anilines is 1. The van der Waals surface area contributed by atoms with Gasteiger partial charge in [-0.05, 0) is 42.0 Å². The lowest BCUT2D eigenvalue weighted by Gasteiger charge is -2.30. The monoisotopic (exact) mass is 552 g/mol. The van der Waals surface area contributed by atoms with Gasteiger partial charge in [0.15, 0.2) is 0 Å². The van der Waals surface area contributed by atoms with Crippen molar-refractivity contribution in [2.45, 2.75) is 31.4 Å². The normalized spacial score (nSPS) is 18.1. The quantitative estimate of drug-likeness (QED) is 0.469. The SMILES string of the molecule is COc1ccc(-n2nc(C(C)(C)C)c3c2N(CC(=O)N2CCOCC2)C(=O)CS[C@@H]3c2cccc(F)c2)cc1. The molecule has 206 valence electrons. The molecule has 0 aliphatic carbocycles. The number of methoxy groups -OCH3 is 1. The Balaban J connectivity index is 1.72. The summed E-state index contributed by atoms with van der Waals surface area (Å²) in [6.07, 6.45) is 0. The molecule has 1 aromatic heterocycles. The number of ether oxygens (including phenoxy) is 2. The summed E-state index contributed by atoms with van der Waals surface area (Å²) in [7, 11) is 1.60. The zero-order valence-electron chi connectivity index (χ0n) is 22.6. The Morgan fingerprint density at radius 2 is 1.87 bits per heavy atom. The molecule has 2 aliphatic rings. The predicted molar refractivity (Wildman–Crippen MR) is 149 cm³/mol. The number of hydrogen-bond acceptors (Lipinski definition) is 6. The van der Waals surface area contributed by atoms with Gasteiger partial charge in [0, 0.05) is 24.1 Å². The number of aromatic nitrogens is 2. The molecule has 3 aromatic rings. The zero-order chi connectivity index (χ0) is 27.7. The molecule has 5 rings (SSSR count). The molecule has 1 fully saturated rings. The van der Waals surface area contributed by atoms with E-state index < -0.39 is 5.41 Å². The van der Waals surface area contributed by atoms with Crippen molar-refractivity contribution < 1.29 is 23.5 Å². The number of nitrogens with zero attached hydrogens (tertiary/aromatic N) is 4. The molecular formula is C29H33FN4O4S. The van der Waals surface area contributed by atoms with Crippen LogP contribution in [0.5, 0.6) is 5.75 Å². The van der Waals surface area contributed by atoms with Crippen LogP contribution in [0.1, 0.15) is 42.8 Å². The first-order valence-corrected chi connectivity index (χ1v) is 14.0. The summed E-state index contributed by atoms with van der Waals surface area (Å²) in [4.78, 5) is 30.5. The molecule has 0 radical (unpaired) electrons. The highest BCUT2D eigenvalue weighted by Gasteiger charge is 2.40. The van der Waals surface area contributed by atoms with Crippen LogP contribution in [0.2, 0.25) is 0 Å². The highest BCUT2D eigenvalue weighted by atomic mass is 32.2. The Labute approximate surface area is 232 Å². The number of hydrogen-bond donors (Lipinski definition) is 0. The first-order chi connectivity index (χ1) is 18.7. The smallest absolute Gasteiger partial charge is 0.242 e. The van der Waals surface area contributed by atoms with Gasteiger partial charge in [-0.15, -0.1) is 11.8 Å². The average Bonchev–Trinajstić information content (AvgIpc) is 3.27. The minimum atomic E-state index is -0.402. The maximum absolute atomic E-state index is 14.4. The van der Waals surface area contributed by atoms with Crippen molar-refractivity contribution in [1.82, 2.24) is 14.7 Å². The molecule has 10 heteroatoms. The van der Waals surface area contributed by atoms with Gasteiger partial charge in [-0.25, -0.2) is 9.07 Å². The van der Waals surface area contributed by atoms with Gasteiger partial charge in [0.25, 0.3) is 0 Å². The van der Waals surface area contributed by atoms with E-state index in [1.807, 2.05) is 30.3 Å². The highest BCUT2D eigenvalue weighted by molar-refractivity contribution is 8.00. The number of thioether (sulfide) groups is 1. The van der Waals surface area contributed by atoms with Gasteiger partial charge >= 0.3 is 0 Å². The van der Waals surface area contributed by atoms with E-state index in [1.54, 1.807) is 27.7 Å². The van der Waals surface area contributed by atoms with Gasteiger partial charge in [-0.2, -0.15) is 5.10 Å². The van der Waals surface area contributed by atoms with E-state index in [0.29, 0.717) is 37.9 Å². The average molecular weight is 553 g/mol. The van der Waals surface area contributed by atoms with Gasteiger partial charge in [0.1, 0.15) is 23.9 Å².